The fourth-order valence-electron chi connectivity index (χ4n) is 2.19. The first-order valence-electron chi connectivity index (χ1n) is 5.69. The molecule has 0 aliphatic carbocycles. The van der Waals surface area contributed by atoms with Gasteiger partial charge in [-0.15, -0.1) is 0 Å². The summed E-state index contributed by atoms with van der Waals surface area (Å²) in [6.07, 6.45) is 1.47. The molecule has 1 fully saturated rings. The van der Waals surface area contributed by atoms with E-state index in [1.165, 1.54) is 12.0 Å². The molecule has 2 heteroatoms. The number of alkyl halides is 1. The van der Waals surface area contributed by atoms with Gasteiger partial charge in [0.2, 0.25) is 0 Å². The Kier molecular flexibility index (Phi) is 3.37. The van der Waals surface area contributed by atoms with E-state index < -0.39 is 6.17 Å². The van der Waals surface area contributed by atoms with Crippen LogP contribution in [0.1, 0.15) is 30.6 Å². The summed E-state index contributed by atoms with van der Waals surface area (Å²) in [5.74, 6) is 0.732. The van der Waals surface area contributed by atoms with Gasteiger partial charge in [-0.1, -0.05) is 24.3 Å². The van der Waals surface area contributed by atoms with Crippen LogP contribution in [0, 0.1) is 5.92 Å². The standard InChI is InChI=1S/C13H18FN/c1-10(14)13-4-2-3-11(8-13)7-12-5-6-15-9-12/h2-4,8,10,12,15H,5-7,9H2,1H3. The van der Waals surface area contributed by atoms with Gasteiger partial charge in [-0.05, 0) is 49.9 Å². The van der Waals surface area contributed by atoms with Gasteiger partial charge in [-0.3, -0.25) is 0 Å². The summed E-state index contributed by atoms with van der Waals surface area (Å²) in [6, 6.07) is 7.93. The predicted octanol–water partition coefficient (Wildman–Crippen LogP) is 2.87. The van der Waals surface area contributed by atoms with E-state index in [-0.39, 0.29) is 0 Å². The molecule has 2 rings (SSSR count). The van der Waals surface area contributed by atoms with Crippen LogP contribution in [0.4, 0.5) is 4.39 Å². The topological polar surface area (TPSA) is 12.0 Å². The molecule has 0 radical (unpaired) electrons. The highest BCUT2D eigenvalue weighted by Gasteiger charge is 2.15. The first kappa shape index (κ1) is 10.6. The van der Waals surface area contributed by atoms with Crippen molar-refractivity contribution >= 4 is 0 Å². The largest absolute Gasteiger partial charge is 0.316 e. The van der Waals surface area contributed by atoms with Crippen molar-refractivity contribution in [2.24, 2.45) is 5.92 Å². The van der Waals surface area contributed by atoms with Crippen LogP contribution in [-0.4, -0.2) is 13.1 Å². The van der Waals surface area contributed by atoms with E-state index >= 15 is 0 Å². The van der Waals surface area contributed by atoms with Crippen LogP contribution >= 0.6 is 0 Å². The fourth-order valence-corrected chi connectivity index (χ4v) is 2.19. The number of hydrogen-bond acceptors (Lipinski definition) is 1. The number of halogens is 1. The lowest BCUT2D eigenvalue weighted by atomic mass is 9.97. The van der Waals surface area contributed by atoms with Crippen LogP contribution in [-0.2, 0) is 6.42 Å². The third-order valence-electron chi connectivity index (χ3n) is 3.10. The zero-order chi connectivity index (χ0) is 10.7. The highest BCUT2D eigenvalue weighted by molar-refractivity contribution is 5.25. The highest BCUT2D eigenvalue weighted by atomic mass is 19.1. The summed E-state index contributed by atoms with van der Waals surface area (Å²) in [6.45, 7) is 3.83. The maximum absolute atomic E-state index is 13.1. The molecule has 0 spiro atoms. The van der Waals surface area contributed by atoms with E-state index in [1.54, 1.807) is 6.92 Å². The van der Waals surface area contributed by atoms with E-state index in [0.717, 1.165) is 31.0 Å². The van der Waals surface area contributed by atoms with Crippen LogP contribution in [0.3, 0.4) is 0 Å². The van der Waals surface area contributed by atoms with Gasteiger partial charge in [0, 0.05) is 0 Å². The van der Waals surface area contributed by atoms with Gasteiger partial charge in [-0.2, -0.15) is 0 Å². The minimum atomic E-state index is -0.855. The van der Waals surface area contributed by atoms with Crippen molar-refractivity contribution in [1.82, 2.24) is 5.32 Å². The highest BCUT2D eigenvalue weighted by Crippen LogP contribution is 2.20. The van der Waals surface area contributed by atoms with Crippen LogP contribution < -0.4 is 5.32 Å². The Hall–Kier alpha value is -0.890. The summed E-state index contributed by atoms with van der Waals surface area (Å²) in [5, 5.41) is 3.36. The number of nitrogens with one attached hydrogen (secondary N) is 1. The molecule has 0 aromatic heterocycles. The normalized spacial score (nSPS) is 22.9. The summed E-state index contributed by atoms with van der Waals surface area (Å²) in [4.78, 5) is 0. The molecule has 1 aliphatic rings. The molecule has 2 atom stereocenters. The summed E-state index contributed by atoms with van der Waals surface area (Å²) in [7, 11) is 0. The van der Waals surface area contributed by atoms with Crippen LogP contribution in [0.2, 0.25) is 0 Å². The minimum absolute atomic E-state index is 0.732. The van der Waals surface area contributed by atoms with Gasteiger partial charge in [0.25, 0.3) is 0 Å². The van der Waals surface area contributed by atoms with Crippen molar-refractivity contribution < 1.29 is 4.39 Å². The second-order valence-electron chi connectivity index (χ2n) is 4.42. The molecule has 1 heterocycles. The molecular formula is C13H18FN. The molecule has 1 aromatic carbocycles. The fraction of sp³-hybridized carbons (Fsp3) is 0.538. The van der Waals surface area contributed by atoms with Crippen molar-refractivity contribution in [3.05, 3.63) is 35.4 Å². The number of hydrogen-bond donors (Lipinski definition) is 1. The van der Waals surface area contributed by atoms with Gasteiger partial charge < -0.3 is 5.32 Å². The average molecular weight is 207 g/mol. The lowest BCUT2D eigenvalue weighted by Crippen LogP contribution is -2.10. The molecule has 0 bridgehead atoms. The SMILES string of the molecule is CC(F)c1cccc(CC2CCNC2)c1. The van der Waals surface area contributed by atoms with E-state index in [2.05, 4.69) is 11.4 Å². The molecule has 1 aliphatic heterocycles. The molecule has 1 nitrogen and oxygen atoms in total. The monoisotopic (exact) mass is 207 g/mol. The molecule has 82 valence electrons. The van der Waals surface area contributed by atoms with E-state index in [1.807, 2.05) is 18.2 Å². The Bertz CT molecular complexity index is 316. The molecule has 1 aromatic rings. The van der Waals surface area contributed by atoms with Crippen LogP contribution in [0.15, 0.2) is 24.3 Å². The van der Waals surface area contributed by atoms with Crippen molar-refractivity contribution in [2.75, 3.05) is 13.1 Å². The van der Waals surface area contributed by atoms with Gasteiger partial charge in [0.1, 0.15) is 6.17 Å². The Morgan fingerprint density at radius 2 is 2.40 bits per heavy atom. The zero-order valence-electron chi connectivity index (χ0n) is 9.17. The van der Waals surface area contributed by atoms with Crippen molar-refractivity contribution in [2.45, 2.75) is 25.9 Å². The van der Waals surface area contributed by atoms with E-state index in [0.29, 0.717) is 0 Å². The number of benzene rings is 1. The maximum atomic E-state index is 13.1. The van der Waals surface area contributed by atoms with Crippen molar-refractivity contribution in [3.63, 3.8) is 0 Å². The third kappa shape index (κ3) is 2.78. The molecular weight excluding hydrogens is 189 g/mol. The summed E-state index contributed by atoms with van der Waals surface area (Å²) in [5.41, 5.74) is 2.07. The average Bonchev–Trinajstić information content (AvgIpc) is 2.71. The Morgan fingerprint density at radius 3 is 3.07 bits per heavy atom. The van der Waals surface area contributed by atoms with Gasteiger partial charge >= 0.3 is 0 Å². The van der Waals surface area contributed by atoms with E-state index in [4.69, 9.17) is 0 Å². The Labute approximate surface area is 90.7 Å². The Balaban J connectivity index is 2.04. The molecule has 2 unspecified atom stereocenters. The third-order valence-corrected chi connectivity index (χ3v) is 3.10. The number of rotatable bonds is 3. The van der Waals surface area contributed by atoms with Crippen LogP contribution in [0.5, 0.6) is 0 Å². The van der Waals surface area contributed by atoms with Crippen molar-refractivity contribution in [1.29, 1.82) is 0 Å². The van der Waals surface area contributed by atoms with Crippen LogP contribution in [0.25, 0.3) is 0 Å². The summed E-state index contributed by atoms with van der Waals surface area (Å²) < 4.78 is 13.1. The molecule has 1 saturated heterocycles. The lowest BCUT2D eigenvalue weighted by molar-refractivity contribution is 0.374. The lowest BCUT2D eigenvalue weighted by Gasteiger charge is -2.10. The molecule has 0 saturated carbocycles. The van der Waals surface area contributed by atoms with E-state index in [9.17, 15) is 4.39 Å². The molecule has 1 N–H and O–H groups in total. The quantitative estimate of drug-likeness (QED) is 0.803. The maximum Gasteiger partial charge on any atom is 0.122 e. The molecule has 0 amide bonds. The summed E-state index contributed by atoms with van der Waals surface area (Å²) >= 11 is 0. The Morgan fingerprint density at radius 1 is 1.53 bits per heavy atom. The zero-order valence-corrected chi connectivity index (χ0v) is 9.17. The van der Waals surface area contributed by atoms with Gasteiger partial charge in [0.15, 0.2) is 0 Å². The van der Waals surface area contributed by atoms with Crippen molar-refractivity contribution in [3.8, 4) is 0 Å². The second kappa shape index (κ2) is 4.75. The smallest absolute Gasteiger partial charge is 0.122 e. The predicted molar refractivity (Wildman–Crippen MR) is 60.6 cm³/mol. The first-order valence-corrected chi connectivity index (χ1v) is 5.69. The van der Waals surface area contributed by atoms with Gasteiger partial charge in [0.05, 0.1) is 0 Å². The minimum Gasteiger partial charge on any atom is -0.316 e. The van der Waals surface area contributed by atoms with Gasteiger partial charge in [-0.25, -0.2) is 4.39 Å². The molecule has 15 heavy (non-hydrogen) atoms. The second-order valence-corrected chi connectivity index (χ2v) is 4.42. The first-order chi connectivity index (χ1) is 7.25.